The van der Waals surface area contributed by atoms with E-state index in [-0.39, 0.29) is 18.1 Å². The van der Waals surface area contributed by atoms with Crippen molar-refractivity contribution < 1.29 is 15.0 Å². The number of rotatable bonds is 2. The van der Waals surface area contributed by atoms with E-state index < -0.39 is 0 Å². The van der Waals surface area contributed by atoms with Crippen LogP contribution in [0.2, 0.25) is 0 Å². The Kier molecular flexibility index (Phi) is 2.50. The van der Waals surface area contributed by atoms with Gasteiger partial charge in [0.15, 0.2) is 5.78 Å². The monoisotopic (exact) mass is 256 g/mol. The maximum Gasteiger partial charge on any atom is 0.180 e. The van der Waals surface area contributed by atoms with E-state index in [2.05, 4.69) is 9.97 Å². The van der Waals surface area contributed by atoms with Crippen molar-refractivity contribution in [3.05, 3.63) is 35.7 Å². The molecule has 0 aliphatic rings. The number of fused-ring (bicyclic) bond motifs is 3. The molecule has 5 nitrogen and oxygen atoms in total. The summed E-state index contributed by atoms with van der Waals surface area (Å²) in [7, 11) is 0. The lowest BCUT2D eigenvalue weighted by atomic mass is 10.1. The number of Topliss-reactive ketones (excluding diaryl/α,β-unsaturated/α-hetero) is 1. The van der Waals surface area contributed by atoms with Crippen molar-refractivity contribution in [1.29, 1.82) is 0 Å². The smallest absolute Gasteiger partial charge is 0.180 e. The van der Waals surface area contributed by atoms with Gasteiger partial charge < -0.3 is 15.2 Å². The van der Waals surface area contributed by atoms with Gasteiger partial charge in [-0.25, -0.2) is 0 Å². The van der Waals surface area contributed by atoms with Crippen LogP contribution >= 0.6 is 0 Å². The highest BCUT2D eigenvalue weighted by Crippen LogP contribution is 2.34. The number of aromatic nitrogens is 2. The predicted molar refractivity (Wildman–Crippen MR) is 71.2 cm³/mol. The molecular formula is C14H12N2O3. The number of carbonyl (C=O) groups excluding carboxylic acids is 1. The third-order valence-electron chi connectivity index (χ3n) is 3.22. The normalized spacial score (nSPS) is 11.3. The van der Waals surface area contributed by atoms with Crippen molar-refractivity contribution >= 4 is 27.6 Å². The molecule has 1 aromatic carbocycles. The lowest BCUT2D eigenvalue weighted by Crippen LogP contribution is -2.00. The molecule has 2 aromatic heterocycles. The standard InChI is InChI=1S/C14H12N2O3/c1-7(18)12-14-11(8(6-17)5-15-12)9-3-2-4-10(19)13(9)16-14/h2-5,16-17,19H,6H2,1H3. The van der Waals surface area contributed by atoms with E-state index >= 15 is 0 Å². The summed E-state index contributed by atoms with van der Waals surface area (Å²) in [5.74, 6) is -0.0624. The number of para-hydroxylation sites is 1. The zero-order valence-corrected chi connectivity index (χ0v) is 10.3. The van der Waals surface area contributed by atoms with Crippen LogP contribution in [0.15, 0.2) is 24.4 Å². The number of aliphatic hydroxyl groups excluding tert-OH is 1. The Morgan fingerprint density at radius 1 is 1.37 bits per heavy atom. The summed E-state index contributed by atoms with van der Waals surface area (Å²) < 4.78 is 0. The molecular weight excluding hydrogens is 244 g/mol. The number of nitrogens with zero attached hydrogens (tertiary/aromatic N) is 1. The van der Waals surface area contributed by atoms with Crippen molar-refractivity contribution in [2.24, 2.45) is 0 Å². The van der Waals surface area contributed by atoms with Crippen molar-refractivity contribution in [2.45, 2.75) is 13.5 Å². The van der Waals surface area contributed by atoms with E-state index in [9.17, 15) is 15.0 Å². The molecule has 3 N–H and O–H groups in total. The molecule has 0 radical (unpaired) electrons. The van der Waals surface area contributed by atoms with E-state index in [0.717, 1.165) is 10.8 Å². The topological polar surface area (TPSA) is 86.2 Å². The zero-order valence-electron chi connectivity index (χ0n) is 10.3. The summed E-state index contributed by atoms with van der Waals surface area (Å²) in [5.41, 5.74) is 2.03. The number of aromatic hydroxyl groups is 1. The Labute approximate surface area is 108 Å². The number of aliphatic hydroxyl groups is 1. The fourth-order valence-corrected chi connectivity index (χ4v) is 2.37. The number of benzene rings is 1. The van der Waals surface area contributed by atoms with Gasteiger partial charge in [-0.1, -0.05) is 12.1 Å². The molecule has 0 atom stereocenters. The minimum atomic E-state index is -0.176. The highest BCUT2D eigenvalue weighted by molar-refractivity contribution is 6.16. The molecule has 0 amide bonds. The van der Waals surface area contributed by atoms with Gasteiger partial charge in [0.25, 0.3) is 0 Å². The van der Waals surface area contributed by atoms with Crippen molar-refractivity contribution in [1.82, 2.24) is 9.97 Å². The maximum absolute atomic E-state index is 11.6. The van der Waals surface area contributed by atoms with E-state index in [0.29, 0.717) is 22.3 Å². The zero-order chi connectivity index (χ0) is 13.6. The van der Waals surface area contributed by atoms with Crippen LogP contribution < -0.4 is 0 Å². The second kappa shape index (κ2) is 4.07. The quantitative estimate of drug-likeness (QED) is 0.613. The van der Waals surface area contributed by atoms with Gasteiger partial charge in [0.1, 0.15) is 11.4 Å². The minimum Gasteiger partial charge on any atom is -0.506 e. The molecule has 0 aliphatic carbocycles. The lowest BCUT2D eigenvalue weighted by molar-refractivity contribution is 0.101. The van der Waals surface area contributed by atoms with Crippen LogP contribution in [-0.4, -0.2) is 26.0 Å². The second-order valence-corrected chi connectivity index (χ2v) is 4.42. The van der Waals surface area contributed by atoms with Crippen LogP contribution in [0, 0.1) is 0 Å². The number of phenols is 1. The average molecular weight is 256 g/mol. The van der Waals surface area contributed by atoms with E-state index in [1.807, 2.05) is 6.07 Å². The van der Waals surface area contributed by atoms with Crippen LogP contribution in [0.25, 0.3) is 21.8 Å². The summed E-state index contributed by atoms with van der Waals surface area (Å²) in [4.78, 5) is 18.7. The fraction of sp³-hybridized carbons (Fsp3) is 0.143. The van der Waals surface area contributed by atoms with E-state index in [1.165, 1.54) is 13.1 Å². The summed E-state index contributed by atoms with van der Waals surface area (Å²) in [6.45, 7) is 1.26. The predicted octanol–water partition coefficient (Wildman–Crippen LogP) is 2.12. The number of nitrogens with one attached hydrogen (secondary N) is 1. The molecule has 2 heterocycles. The largest absolute Gasteiger partial charge is 0.506 e. The number of ketones is 1. The van der Waals surface area contributed by atoms with E-state index in [1.54, 1.807) is 12.1 Å². The van der Waals surface area contributed by atoms with Crippen molar-refractivity contribution in [3.8, 4) is 5.75 Å². The van der Waals surface area contributed by atoms with Gasteiger partial charge in [-0.15, -0.1) is 0 Å². The Bertz CT molecular complexity index is 805. The molecule has 19 heavy (non-hydrogen) atoms. The Morgan fingerprint density at radius 2 is 2.16 bits per heavy atom. The molecule has 0 spiro atoms. The van der Waals surface area contributed by atoms with Gasteiger partial charge >= 0.3 is 0 Å². The van der Waals surface area contributed by atoms with Crippen molar-refractivity contribution in [2.75, 3.05) is 0 Å². The lowest BCUT2D eigenvalue weighted by Gasteiger charge is -2.02. The first-order valence-corrected chi connectivity index (χ1v) is 5.86. The number of carbonyl (C=O) groups is 1. The van der Waals surface area contributed by atoms with Crippen LogP contribution in [0.3, 0.4) is 0 Å². The van der Waals surface area contributed by atoms with Crippen LogP contribution in [0.4, 0.5) is 0 Å². The van der Waals surface area contributed by atoms with Gasteiger partial charge in [-0.05, 0) is 6.07 Å². The molecule has 3 rings (SSSR count). The van der Waals surface area contributed by atoms with Crippen LogP contribution in [0.5, 0.6) is 5.75 Å². The first kappa shape index (κ1) is 11.7. The summed E-state index contributed by atoms with van der Waals surface area (Å²) >= 11 is 0. The molecule has 0 fully saturated rings. The Hall–Kier alpha value is -2.40. The number of H-pyrrole nitrogens is 1. The van der Waals surface area contributed by atoms with Gasteiger partial charge in [0.2, 0.25) is 0 Å². The van der Waals surface area contributed by atoms with Gasteiger partial charge in [0.05, 0.1) is 17.6 Å². The molecule has 0 saturated heterocycles. The maximum atomic E-state index is 11.6. The highest BCUT2D eigenvalue weighted by Gasteiger charge is 2.16. The third-order valence-corrected chi connectivity index (χ3v) is 3.22. The Morgan fingerprint density at radius 3 is 2.84 bits per heavy atom. The number of phenolic OH excluding ortho intramolecular Hbond substituents is 1. The first-order chi connectivity index (χ1) is 9.13. The van der Waals surface area contributed by atoms with Gasteiger partial charge in [0, 0.05) is 29.5 Å². The summed E-state index contributed by atoms with van der Waals surface area (Å²) in [6.07, 6.45) is 1.50. The number of hydrogen-bond acceptors (Lipinski definition) is 4. The molecule has 0 bridgehead atoms. The summed E-state index contributed by atoms with van der Waals surface area (Å²) in [5, 5.41) is 20.8. The molecule has 0 unspecified atom stereocenters. The SMILES string of the molecule is CC(=O)c1ncc(CO)c2c1[nH]c1c(O)cccc12. The first-order valence-electron chi connectivity index (χ1n) is 5.86. The number of pyridine rings is 1. The highest BCUT2D eigenvalue weighted by atomic mass is 16.3. The minimum absolute atomic E-state index is 0.104. The molecule has 0 aliphatic heterocycles. The molecule has 5 heteroatoms. The molecule has 0 saturated carbocycles. The average Bonchev–Trinajstić information content (AvgIpc) is 2.78. The van der Waals surface area contributed by atoms with Crippen molar-refractivity contribution in [3.63, 3.8) is 0 Å². The van der Waals surface area contributed by atoms with Gasteiger partial charge in [-0.3, -0.25) is 9.78 Å². The van der Waals surface area contributed by atoms with Crippen LogP contribution in [0.1, 0.15) is 23.0 Å². The number of aromatic amines is 1. The fourth-order valence-electron chi connectivity index (χ4n) is 2.37. The summed E-state index contributed by atoms with van der Waals surface area (Å²) in [6, 6.07) is 5.12. The molecule has 96 valence electrons. The number of hydrogen-bond donors (Lipinski definition) is 3. The third kappa shape index (κ3) is 1.59. The second-order valence-electron chi connectivity index (χ2n) is 4.42. The van der Waals surface area contributed by atoms with E-state index in [4.69, 9.17) is 0 Å². The van der Waals surface area contributed by atoms with Crippen LogP contribution in [-0.2, 0) is 6.61 Å². The Balaban J connectivity index is 2.57. The van der Waals surface area contributed by atoms with Gasteiger partial charge in [-0.2, -0.15) is 0 Å². The molecule has 3 aromatic rings.